The Morgan fingerprint density at radius 3 is 1.77 bits per heavy atom. The number of alkyl halides is 6. The zero-order valence-electron chi connectivity index (χ0n) is 13.3. The van der Waals surface area contributed by atoms with E-state index >= 15 is 0 Å². The van der Waals surface area contributed by atoms with Gasteiger partial charge in [0.05, 0.1) is 18.2 Å². The van der Waals surface area contributed by atoms with Gasteiger partial charge in [0, 0.05) is 6.08 Å². The summed E-state index contributed by atoms with van der Waals surface area (Å²) < 4.78 is 82.8. The van der Waals surface area contributed by atoms with Gasteiger partial charge in [-0.1, -0.05) is 30.3 Å². The van der Waals surface area contributed by atoms with Crippen molar-refractivity contribution >= 4 is 11.5 Å². The number of rotatable bonds is 3. The van der Waals surface area contributed by atoms with Crippen LogP contribution in [0, 0.1) is 0 Å². The van der Waals surface area contributed by atoms with E-state index in [1.807, 2.05) is 0 Å². The van der Waals surface area contributed by atoms with Crippen molar-refractivity contribution in [2.75, 3.05) is 7.11 Å². The molecule has 2 rings (SSSR count). The average Bonchev–Trinajstić information content (AvgIpc) is 2.58. The highest BCUT2D eigenvalue weighted by atomic mass is 19.4. The van der Waals surface area contributed by atoms with Crippen molar-refractivity contribution in [3.8, 4) is 0 Å². The van der Waals surface area contributed by atoms with Crippen molar-refractivity contribution < 1.29 is 35.9 Å². The molecule has 0 heterocycles. The van der Waals surface area contributed by atoms with E-state index in [4.69, 9.17) is 0 Å². The fourth-order valence-electron chi connectivity index (χ4n) is 2.24. The first-order valence-electron chi connectivity index (χ1n) is 7.17. The number of halogens is 6. The molecule has 2 aromatic carbocycles. The van der Waals surface area contributed by atoms with Crippen molar-refractivity contribution in [1.29, 1.82) is 0 Å². The van der Waals surface area contributed by atoms with Crippen LogP contribution >= 0.6 is 0 Å². The highest BCUT2D eigenvalue weighted by Gasteiger charge is 2.37. The maximum atomic E-state index is 13.1. The predicted octanol–water partition coefficient (Wildman–Crippen LogP) is 5.33. The van der Waals surface area contributed by atoms with Crippen LogP contribution in [-0.4, -0.2) is 13.1 Å². The number of benzene rings is 2. The summed E-state index contributed by atoms with van der Waals surface area (Å²) in [4.78, 5) is 11.6. The molecule has 0 aliphatic heterocycles. The molecule has 2 aromatic rings. The monoisotopic (exact) mass is 374 g/mol. The first kappa shape index (κ1) is 19.6. The fraction of sp³-hybridized carbons (Fsp3) is 0.167. The van der Waals surface area contributed by atoms with Crippen LogP contribution in [0.3, 0.4) is 0 Å². The van der Waals surface area contributed by atoms with Crippen LogP contribution in [-0.2, 0) is 21.9 Å². The van der Waals surface area contributed by atoms with Gasteiger partial charge < -0.3 is 4.74 Å². The molecule has 0 spiro atoms. The van der Waals surface area contributed by atoms with Crippen LogP contribution in [0.25, 0.3) is 5.57 Å². The summed E-state index contributed by atoms with van der Waals surface area (Å²) in [6.45, 7) is 0. The van der Waals surface area contributed by atoms with Crippen molar-refractivity contribution in [3.05, 3.63) is 76.9 Å². The van der Waals surface area contributed by atoms with Crippen molar-refractivity contribution in [2.45, 2.75) is 12.4 Å². The van der Waals surface area contributed by atoms with Gasteiger partial charge in [-0.15, -0.1) is 0 Å². The fourth-order valence-corrected chi connectivity index (χ4v) is 2.24. The molecule has 2 nitrogen and oxygen atoms in total. The summed E-state index contributed by atoms with van der Waals surface area (Å²) in [5, 5.41) is 0. The summed E-state index contributed by atoms with van der Waals surface area (Å²) in [5.74, 6) is -0.908. The number of ether oxygens (including phenoxy) is 1. The number of hydrogen-bond acceptors (Lipinski definition) is 2. The van der Waals surface area contributed by atoms with E-state index < -0.39 is 35.0 Å². The standard InChI is InChI=1S/C18H12F6O2/c1-26-16(25)10-15(11-5-3-2-4-6-11)12-7-13(17(19,20)21)9-14(8-12)18(22,23)24/h2-10H,1H3/b15-10+. The molecule has 8 heteroatoms. The molecule has 0 atom stereocenters. The molecular formula is C18H12F6O2. The van der Waals surface area contributed by atoms with Crippen LogP contribution in [0.1, 0.15) is 22.3 Å². The zero-order chi connectivity index (χ0) is 19.5. The zero-order valence-corrected chi connectivity index (χ0v) is 13.3. The largest absolute Gasteiger partial charge is 0.466 e. The first-order chi connectivity index (χ1) is 12.0. The normalized spacial score (nSPS) is 12.8. The van der Waals surface area contributed by atoms with E-state index in [1.165, 1.54) is 12.1 Å². The summed E-state index contributed by atoms with van der Waals surface area (Å²) >= 11 is 0. The molecule has 0 radical (unpaired) electrons. The molecule has 0 fully saturated rings. The Bertz CT molecular complexity index is 788. The second kappa shape index (κ2) is 7.23. The van der Waals surface area contributed by atoms with Crippen LogP contribution in [0.15, 0.2) is 54.6 Å². The van der Waals surface area contributed by atoms with E-state index in [1.54, 1.807) is 18.2 Å². The summed E-state index contributed by atoms with van der Waals surface area (Å²) in [6, 6.07) is 8.78. The Balaban J connectivity index is 2.75. The quantitative estimate of drug-likeness (QED) is 0.412. The number of hydrogen-bond donors (Lipinski definition) is 0. The number of carbonyl (C=O) groups excluding carboxylic acids is 1. The van der Waals surface area contributed by atoms with E-state index in [0.29, 0.717) is 12.1 Å². The predicted molar refractivity (Wildman–Crippen MR) is 82.0 cm³/mol. The van der Waals surface area contributed by atoms with Crippen LogP contribution in [0.4, 0.5) is 26.3 Å². The maximum absolute atomic E-state index is 13.1. The van der Waals surface area contributed by atoms with Crippen LogP contribution in [0.2, 0.25) is 0 Å². The van der Waals surface area contributed by atoms with E-state index in [2.05, 4.69) is 4.74 Å². The molecule has 0 unspecified atom stereocenters. The highest BCUT2D eigenvalue weighted by Crippen LogP contribution is 2.38. The molecule has 0 amide bonds. The topological polar surface area (TPSA) is 26.3 Å². The van der Waals surface area contributed by atoms with Gasteiger partial charge >= 0.3 is 18.3 Å². The van der Waals surface area contributed by atoms with E-state index in [0.717, 1.165) is 13.2 Å². The molecule has 0 aliphatic rings. The molecule has 0 N–H and O–H groups in total. The van der Waals surface area contributed by atoms with E-state index in [-0.39, 0.29) is 17.2 Å². The van der Waals surface area contributed by atoms with Crippen molar-refractivity contribution in [3.63, 3.8) is 0 Å². The van der Waals surface area contributed by atoms with Crippen molar-refractivity contribution in [2.24, 2.45) is 0 Å². The summed E-state index contributed by atoms with van der Waals surface area (Å²) in [6.07, 6.45) is -9.11. The van der Waals surface area contributed by atoms with Gasteiger partial charge in [-0.3, -0.25) is 0 Å². The Morgan fingerprint density at radius 1 is 0.846 bits per heavy atom. The molecule has 0 aliphatic carbocycles. The van der Waals surface area contributed by atoms with E-state index in [9.17, 15) is 31.1 Å². The second-order valence-corrected chi connectivity index (χ2v) is 5.24. The highest BCUT2D eigenvalue weighted by molar-refractivity contribution is 5.96. The molecule has 26 heavy (non-hydrogen) atoms. The first-order valence-corrected chi connectivity index (χ1v) is 7.17. The lowest BCUT2D eigenvalue weighted by atomic mass is 9.94. The lowest BCUT2D eigenvalue weighted by molar-refractivity contribution is -0.143. The van der Waals surface area contributed by atoms with Crippen LogP contribution < -0.4 is 0 Å². The van der Waals surface area contributed by atoms with Gasteiger partial charge in [0.1, 0.15) is 0 Å². The van der Waals surface area contributed by atoms with Gasteiger partial charge in [-0.25, -0.2) is 4.79 Å². The molecule has 0 aromatic heterocycles. The SMILES string of the molecule is COC(=O)/C=C(\c1ccccc1)c1cc(C(F)(F)F)cc(C(F)(F)F)c1. The molecular weight excluding hydrogens is 362 g/mol. The Labute approximate surface area is 144 Å². The lowest BCUT2D eigenvalue weighted by Gasteiger charge is -2.16. The number of carbonyl (C=O) groups is 1. The van der Waals surface area contributed by atoms with Crippen molar-refractivity contribution in [1.82, 2.24) is 0 Å². The molecule has 0 saturated carbocycles. The third-order valence-corrected chi connectivity index (χ3v) is 3.45. The van der Waals surface area contributed by atoms with Gasteiger partial charge in [0.25, 0.3) is 0 Å². The smallest absolute Gasteiger partial charge is 0.416 e. The van der Waals surface area contributed by atoms with Gasteiger partial charge in [-0.2, -0.15) is 26.3 Å². The number of methoxy groups -OCH3 is 1. The molecule has 138 valence electrons. The average molecular weight is 374 g/mol. The van der Waals surface area contributed by atoms with Gasteiger partial charge in [0.15, 0.2) is 0 Å². The minimum absolute atomic E-state index is 0.0320. The Kier molecular flexibility index (Phi) is 5.44. The van der Waals surface area contributed by atoms with Gasteiger partial charge in [0.2, 0.25) is 0 Å². The second-order valence-electron chi connectivity index (χ2n) is 5.24. The van der Waals surface area contributed by atoms with Gasteiger partial charge in [-0.05, 0) is 34.9 Å². The Morgan fingerprint density at radius 2 is 1.35 bits per heavy atom. The maximum Gasteiger partial charge on any atom is 0.416 e. The minimum Gasteiger partial charge on any atom is -0.466 e. The molecule has 0 saturated heterocycles. The van der Waals surface area contributed by atoms with Crippen LogP contribution in [0.5, 0.6) is 0 Å². The third kappa shape index (κ3) is 4.65. The lowest BCUT2D eigenvalue weighted by Crippen LogP contribution is -2.12. The third-order valence-electron chi connectivity index (χ3n) is 3.45. The summed E-state index contributed by atoms with van der Waals surface area (Å²) in [5.41, 5.74) is -3.17. The molecule has 0 bridgehead atoms. The minimum atomic E-state index is -4.98. The number of esters is 1. The summed E-state index contributed by atoms with van der Waals surface area (Å²) in [7, 11) is 1.05. The Hall–Kier alpha value is -2.77.